The van der Waals surface area contributed by atoms with Crippen molar-refractivity contribution in [1.82, 2.24) is 0 Å². The summed E-state index contributed by atoms with van der Waals surface area (Å²) in [5.74, 6) is -1.72. The second-order valence-corrected chi connectivity index (χ2v) is 21.1. The van der Waals surface area contributed by atoms with Crippen molar-refractivity contribution >= 4 is 55.4 Å². The molecule has 0 saturated carbocycles. The molecule has 0 amide bonds. The molecule has 0 radical (unpaired) electrons. The Morgan fingerprint density at radius 2 is 1.72 bits per heavy atom. The van der Waals surface area contributed by atoms with Crippen LogP contribution in [0.25, 0.3) is 0 Å². The Morgan fingerprint density at radius 1 is 1.12 bits per heavy atom. The molecule has 9 nitrogen and oxygen atoms in total. The van der Waals surface area contributed by atoms with Gasteiger partial charge in [-0.2, -0.15) is 0 Å². The third kappa shape index (κ3) is 21.7. The first-order chi connectivity index (χ1) is 15.0. The van der Waals surface area contributed by atoms with Crippen molar-refractivity contribution in [3.8, 4) is 0 Å². The fraction of sp³-hybridized carbons (Fsp3) is 0.722. The Balaban J connectivity index is 0. The molecule has 0 spiro atoms. The zero-order valence-corrected chi connectivity index (χ0v) is 22.7. The first-order valence-electron chi connectivity index (χ1n) is 9.73. The number of halogens is 4. The summed E-state index contributed by atoms with van der Waals surface area (Å²) in [6.07, 6.45) is 3.96. The number of aldehydes is 1. The van der Waals surface area contributed by atoms with Crippen LogP contribution in [0.4, 0.5) is 0 Å². The van der Waals surface area contributed by atoms with Crippen molar-refractivity contribution in [3.63, 3.8) is 0 Å². The molecule has 1 saturated heterocycles. The van der Waals surface area contributed by atoms with E-state index in [9.17, 15) is 19.5 Å². The molecular formula is C18H30Cl4O9Ti. The molecule has 32 heavy (non-hydrogen) atoms. The first-order valence-corrected chi connectivity index (χ1v) is 18.3. The van der Waals surface area contributed by atoms with E-state index in [-0.39, 0.29) is 25.4 Å². The molecule has 2 aliphatic heterocycles. The molecule has 188 valence electrons. The Hall–Kier alpha value is -0.0957. The number of rotatable bonds is 7. The maximum atomic E-state index is 11.3. The van der Waals surface area contributed by atoms with Crippen LogP contribution < -0.4 is 0 Å². The molecule has 0 aromatic rings. The number of aliphatic hydroxyl groups excluding tert-OH is 1. The fourth-order valence-corrected chi connectivity index (χ4v) is 2.14. The second kappa shape index (κ2) is 21.4. The van der Waals surface area contributed by atoms with Gasteiger partial charge in [-0.25, -0.2) is 9.59 Å². The molecule has 0 aromatic carbocycles. The van der Waals surface area contributed by atoms with Gasteiger partial charge in [0, 0.05) is 18.9 Å². The van der Waals surface area contributed by atoms with Gasteiger partial charge in [0.25, 0.3) is 0 Å². The summed E-state index contributed by atoms with van der Waals surface area (Å²) in [7, 11) is 20.1. The van der Waals surface area contributed by atoms with Crippen LogP contribution in [0.1, 0.15) is 33.6 Å². The average molecular weight is 580 g/mol. The molecule has 2 aliphatic rings. The van der Waals surface area contributed by atoms with E-state index in [1.807, 2.05) is 13.0 Å². The van der Waals surface area contributed by atoms with Crippen LogP contribution >= 0.6 is 37.2 Å². The van der Waals surface area contributed by atoms with Crippen molar-refractivity contribution in [2.45, 2.75) is 46.0 Å². The van der Waals surface area contributed by atoms with E-state index < -0.39 is 36.7 Å². The zero-order chi connectivity index (χ0) is 25.0. The van der Waals surface area contributed by atoms with Crippen LogP contribution in [0.2, 0.25) is 0 Å². The van der Waals surface area contributed by atoms with Crippen LogP contribution in [0.5, 0.6) is 0 Å². The van der Waals surface area contributed by atoms with E-state index in [2.05, 4.69) is 4.74 Å². The summed E-state index contributed by atoms with van der Waals surface area (Å²) < 4.78 is 24.2. The maximum absolute atomic E-state index is 11.3. The van der Waals surface area contributed by atoms with Crippen LogP contribution in [0, 0.1) is 5.92 Å². The summed E-state index contributed by atoms with van der Waals surface area (Å²) in [6.45, 7) is 7.61. The van der Waals surface area contributed by atoms with Gasteiger partial charge in [0.05, 0.1) is 32.7 Å². The Morgan fingerprint density at radius 3 is 2.06 bits per heavy atom. The molecule has 0 aromatic heterocycles. The van der Waals surface area contributed by atoms with Gasteiger partial charge in [-0.3, -0.25) is 4.79 Å². The van der Waals surface area contributed by atoms with Gasteiger partial charge >= 0.3 is 61.5 Å². The SMILES string of the molecule is C1=COCC1.CCOC(=O)C(O)C1CCOC1OCC.CCOC(=O)C=O.[Cl][Ti]([Cl])([Cl])[Cl]. The number of ether oxygens (including phenoxy) is 5. The Bertz CT molecular complexity index is 535. The van der Waals surface area contributed by atoms with E-state index in [1.54, 1.807) is 20.1 Å². The number of carbonyl (C=O) groups excluding carboxylic acids is 3. The Kier molecular flexibility index (Phi) is 22.8. The molecular weight excluding hydrogens is 550 g/mol. The van der Waals surface area contributed by atoms with Crippen molar-refractivity contribution in [2.75, 3.05) is 33.0 Å². The van der Waals surface area contributed by atoms with E-state index in [0.717, 1.165) is 13.0 Å². The van der Waals surface area contributed by atoms with Gasteiger partial charge in [0.15, 0.2) is 12.4 Å². The predicted molar refractivity (Wildman–Crippen MR) is 118 cm³/mol. The fourth-order valence-electron chi connectivity index (χ4n) is 2.14. The predicted octanol–water partition coefficient (Wildman–Crippen LogP) is 3.73. The van der Waals surface area contributed by atoms with Crippen LogP contribution in [0.15, 0.2) is 12.3 Å². The zero-order valence-electron chi connectivity index (χ0n) is 18.1. The topological polar surface area (TPSA) is 118 Å². The monoisotopic (exact) mass is 578 g/mol. The second-order valence-electron chi connectivity index (χ2n) is 5.67. The van der Waals surface area contributed by atoms with Gasteiger partial charge in [-0.15, -0.1) is 0 Å². The third-order valence-corrected chi connectivity index (χ3v) is 3.33. The normalized spacial score (nSPS) is 19.5. The Labute approximate surface area is 207 Å². The molecule has 2 rings (SSSR count). The van der Waals surface area contributed by atoms with Crippen molar-refractivity contribution < 1.29 is 55.5 Å². The molecule has 1 fully saturated rings. The van der Waals surface area contributed by atoms with E-state index in [1.165, 1.54) is 0 Å². The number of aliphatic hydroxyl groups is 1. The standard InChI is InChI=1S/C10H18O5.C4H6O3.C4H6O.4ClH.Ti/c1-3-13-9(12)8(11)7-5-6-15-10(7)14-4-2;1-2-7-4(6)3-5;1-2-4-5-3-1;;;;;/h7-8,10-11H,3-6H2,1-2H3;3H,2H2,1H3;1,3H,2,4H2;4*1H;/q;;;;;;;+4/p-4. The number of carbonyl (C=O) groups is 3. The van der Waals surface area contributed by atoms with Gasteiger partial charge in [-0.1, -0.05) is 0 Å². The van der Waals surface area contributed by atoms with E-state index in [4.69, 9.17) is 56.2 Å². The molecule has 1 N–H and O–H groups in total. The van der Waals surface area contributed by atoms with Gasteiger partial charge in [-0.05, 0) is 33.3 Å². The van der Waals surface area contributed by atoms with Crippen molar-refractivity contribution in [1.29, 1.82) is 0 Å². The molecule has 2 heterocycles. The number of hydrogen-bond acceptors (Lipinski definition) is 9. The first kappa shape index (κ1) is 34.1. The number of esters is 2. The molecule has 0 bridgehead atoms. The summed E-state index contributed by atoms with van der Waals surface area (Å²) in [5.41, 5.74) is 0. The quantitative estimate of drug-likeness (QED) is 0.208. The average Bonchev–Trinajstić information content (AvgIpc) is 3.42. The van der Waals surface area contributed by atoms with E-state index in [0.29, 0.717) is 19.6 Å². The van der Waals surface area contributed by atoms with Gasteiger partial charge in [0.1, 0.15) is 0 Å². The molecule has 3 atom stereocenters. The van der Waals surface area contributed by atoms with Crippen LogP contribution in [-0.2, 0) is 50.4 Å². The van der Waals surface area contributed by atoms with Crippen molar-refractivity contribution in [2.24, 2.45) is 5.92 Å². The minimum absolute atomic E-state index is 0.142. The van der Waals surface area contributed by atoms with Crippen LogP contribution in [0.3, 0.4) is 0 Å². The summed E-state index contributed by atoms with van der Waals surface area (Å²) in [4.78, 5) is 30.5. The molecule has 0 aliphatic carbocycles. The van der Waals surface area contributed by atoms with E-state index >= 15 is 0 Å². The van der Waals surface area contributed by atoms with Gasteiger partial charge < -0.3 is 28.8 Å². The molecule has 14 heteroatoms. The van der Waals surface area contributed by atoms with Crippen molar-refractivity contribution in [3.05, 3.63) is 12.3 Å². The minimum atomic E-state index is -3.11. The summed E-state index contributed by atoms with van der Waals surface area (Å²) in [5, 5.41) is 9.71. The van der Waals surface area contributed by atoms with Gasteiger partial charge in [0.2, 0.25) is 6.29 Å². The van der Waals surface area contributed by atoms with Crippen LogP contribution in [-0.4, -0.2) is 68.8 Å². The number of hydrogen-bond donors (Lipinski definition) is 1. The third-order valence-electron chi connectivity index (χ3n) is 3.33. The summed E-state index contributed by atoms with van der Waals surface area (Å²) >= 11 is -3.11. The molecule has 3 unspecified atom stereocenters. The summed E-state index contributed by atoms with van der Waals surface area (Å²) in [6, 6.07) is 0.